The van der Waals surface area contributed by atoms with Gasteiger partial charge in [-0.05, 0) is 24.6 Å². The van der Waals surface area contributed by atoms with Crippen molar-refractivity contribution in [3.8, 4) is 17.2 Å². The molecule has 2 heterocycles. The van der Waals surface area contributed by atoms with Crippen LogP contribution < -0.4 is 24.7 Å². The van der Waals surface area contributed by atoms with Crippen molar-refractivity contribution in [2.24, 2.45) is 5.14 Å². The molecular formula is C17H21N3O6S. The summed E-state index contributed by atoms with van der Waals surface area (Å²) in [7, 11) is -2.87. The Kier molecular flexibility index (Phi) is 5.29. The minimum Gasteiger partial charge on any atom is -0.491 e. The van der Waals surface area contributed by atoms with E-state index >= 15 is 0 Å². The van der Waals surface area contributed by atoms with E-state index in [1.807, 2.05) is 19.1 Å². The molecule has 0 fully saturated rings. The first-order chi connectivity index (χ1) is 12.9. The summed E-state index contributed by atoms with van der Waals surface area (Å²) in [6, 6.07) is 4.55. The fraction of sp³-hybridized carbons (Fsp3) is 0.353. The van der Waals surface area contributed by atoms with Crippen molar-refractivity contribution in [1.82, 2.24) is 10.3 Å². The number of carbonyl (C=O) groups excluding carboxylic acids is 1. The van der Waals surface area contributed by atoms with Crippen LogP contribution >= 0.6 is 0 Å². The number of fused-ring (bicyclic) bond motifs is 1. The number of amides is 1. The van der Waals surface area contributed by atoms with Gasteiger partial charge in [-0.15, -0.1) is 0 Å². The molecule has 1 unspecified atom stereocenters. The number of nitrogens with two attached hydrogens (primary N) is 1. The van der Waals surface area contributed by atoms with E-state index in [1.165, 1.54) is 7.11 Å². The molecule has 1 aromatic heterocycles. The van der Waals surface area contributed by atoms with E-state index in [0.29, 0.717) is 6.42 Å². The van der Waals surface area contributed by atoms with Gasteiger partial charge in [-0.3, -0.25) is 4.79 Å². The van der Waals surface area contributed by atoms with Gasteiger partial charge < -0.3 is 24.5 Å². The third-order valence-corrected chi connectivity index (χ3v) is 5.12. The van der Waals surface area contributed by atoms with Crippen LogP contribution in [0, 0.1) is 0 Å². The summed E-state index contributed by atoms with van der Waals surface area (Å²) in [6.07, 6.45) is 2.39. The smallest absolute Gasteiger partial charge is 0.255 e. The summed E-state index contributed by atoms with van der Waals surface area (Å²) < 4.78 is 40.3. The SMILES string of the molecule is CCC(NC(=O)c1cc(S(N)(=O)=O)c(OC)c2c1OCCO2)c1ccc[nH]1. The maximum Gasteiger partial charge on any atom is 0.255 e. The molecule has 0 spiro atoms. The summed E-state index contributed by atoms with van der Waals surface area (Å²) in [6.45, 7) is 2.34. The van der Waals surface area contributed by atoms with Crippen LogP contribution in [0.2, 0.25) is 0 Å². The Hall–Kier alpha value is -2.72. The van der Waals surface area contributed by atoms with Gasteiger partial charge in [0.15, 0.2) is 11.5 Å². The number of sulfonamides is 1. The van der Waals surface area contributed by atoms with Gasteiger partial charge in [-0.1, -0.05) is 6.92 Å². The molecule has 146 valence electrons. The van der Waals surface area contributed by atoms with Crippen molar-refractivity contribution in [2.75, 3.05) is 20.3 Å². The number of hydrogen-bond donors (Lipinski definition) is 3. The Labute approximate surface area is 156 Å². The number of methoxy groups -OCH3 is 1. The Morgan fingerprint density at radius 3 is 2.63 bits per heavy atom. The molecule has 0 saturated heterocycles. The number of rotatable bonds is 6. The van der Waals surface area contributed by atoms with Gasteiger partial charge in [0, 0.05) is 11.9 Å². The van der Waals surface area contributed by atoms with Crippen molar-refractivity contribution in [2.45, 2.75) is 24.3 Å². The number of H-pyrrole nitrogens is 1. The first kappa shape index (κ1) is 19.1. The molecule has 1 amide bonds. The molecule has 0 aliphatic carbocycles. The number of aromatic amines is 1. The highest BCUT2D eigenvalue weighted by atomic mass is 32.2. The highest BCUT2D eigenvalue weighted by Crippen LogP contribution is 2.46. The molecule has 10 heteroatoms. The summed E-state index contributed by atoms with van der Waals surface area (Å²) in [4.78, 5) is 15.6. The lowest BCUT2D eigenvalue weighted by atomic mass is 10.1. The van der Waals surface area contributed by atoms with Gasteiger partial charge in [-0.25, -0.2) is 13.6 Å². The molecule has 1 aromatic carbocycles. The van der Waals surface area contributed by atoms with Crippen molar-refractivity contribution >= 4 is 15.9 Å². The van der Waals surface area contributed by atoms with E-state index < -0.39 is 15.9 Å². The van der Waals surface area contributed by atoms with E-state index in [1.54, 1.807) is 6.20 Å². The van der Waals surface area contributed by atoms with Gasteiger partial charge in [-0.2, -0.15) is 0 Å². The Bertz CT molecular complexity index is 940. The van der Waals surface area contributed by atoms with Gasteiger partial charge in [0.25, 0.3) is 5.91 Å². The predicted molar refractivity (Wildman–Crippen MR) is 96.6 cm³/mol. The van der Waals surface area contributed by atoms with Gasteiger partial charge >= 0.3 is 0 Å². The molecule has 1 atom stereocenters. The van der Waals surface area contributed by atoms with Crippen LogP contribution in [-0.2, 0) is 10.0 Å². The zero-order chi connectivity index (χ0) is 19.6. The first-order valence-corrected chi connectivity index (χ1v) is 9.89. The van der Waals surface area contributed by atoms with Crippen molar-refractivity contribution in [3.05, 3.63) is 35.7 Å². The highest BCUT2D eigenvalue weighted by molar-refractivity contribution is 7.89. The second-order valence-electron chi connectivity index (χ2n) is 5.92. The van der Waals surface area contributed by atoms with Gasteiger partial charge in [0.1, 0.15) is 18.1 Å². The molecule has 9 nitrogen and oxygen atoms in total. The molecule has 0 saturated carbocycles. The minimum absolute atomic E-state index is 0.0135. The van der Waals surface area contributed by atoms with Crippen LogP contribution in [0.5, 0.6) is 17.2 Å². The van der Waals surface area contributed by atoms with Crippen molar-refractivity contribution in [1.29, 1.82) is 0 Å². The molecule has 1 aliphatic heterocycles. The average Bonchev–Trinajstić information content (AvgIpc) is 3.18. The fourth-order valence-corrected chi connectivity index (χ4v) is 3.65. The second-order valence-corrected chi connectivity index (χ2v) is 7.45. The quantitative estimate of drug-likeness (QED) is 0.676. The van der Waals surface area contributed by atoms with E-state index in [4.69, 9.17) is 19.3 Å². The van der Waals surface area contributed by atoms with Crippen LogP contribution in [-0.4, -0.2) is 39.6 Å². The molecule has 0 radical (unpaired) electrons. The molecule has 1 aliphatic rings. The van der Waals surface area contributed by atoms with E-state index in [2.05, 4.69) is 10.3 Å². The Balaban J connectivity index is 2.07. The largest absolute Gasteiger partial charge is 0.491 e. The maximum atomic E-state index is 12.9. The zero-order valence-corrected chi connectivity index (χ0v) is 15.8. The minimum atomic E-state index is -4.16. The lowest BCUT2D eigenvalue weighted by Crippen LogP contribution is -2.30. The number of benzene rings is 1. The van der Waals surface area contributed by atoms with E-state index in [-0.39, 0.29) is 47.0 Å². The molecule has 4 N–H and O–H groups in total. The van der Waals surface area contributed by atoms with E-state index in [9.17, 15) is 13.2 Å². The molecule has 2 aromatic rings. The normalized spacial score (nSPS) is 14.5. The van der Waals surface area contributed by atoms with Crippen molar-refractivity contribution in [3.63, 3.8) is 0 Å². The number of aromatic nitrogens is 1. The van der Waals surface area contributed by atoms with Crippen LogP contribution in [0.15, 0.2) is 29.3 Å². The number of nitrogens with one attached hydrogen (secondary N) is 2. The van der Waals surface area contributed by atoms with Crippen LogP contribution in [0.4, 0.5) is 0 Å². The highest BCUT2D eigenvalue weighted by Gasteiger charge is 2.32. The third kappa shape index (κ3) is 3.71. The van der Waals surface area contributed by atoms with Gasteiger partial charge in [0.05, 0.1) is 18.7 Å². The lowest BCUT2D eigenvalue weighted by Gasteiger charge is -2.25. The maximum absolute atomic E-state index is 12.9. The number of primary sulfonamides is 1. The average molecular weight is 395 g/mol. The summed E-state index contributed by atoms with van der Waals surface area (Å²) in [5.74, 6) is -0.413. The molecule has 0 bridgehead atoms. The van der Waals surface area contributed by atoms with Crippen LogP contribution in [0.25, 0.3) is 0 Å². The third-order valence-electron chi connectivity index (χ3n) is 4.20. The van der Waals surface area contributed by atoms with Gasteiger partial charge in [0.2, 0.25) is 15.8 Å². The first-order valence-electron chi connectivity index (χ1n) is 8.34. The molecule has 27 heavy (non-hydrogen) atoms. The number of ether oxygens (including phenoxy) is 3. The zero-order valence-electron chi connectivity index (χ0n) is 14.9. The number of hydrogen-bond acceptors (Lipinski definition) is 6. The van der Waals surface area contributed by atoms with Crippen LogP contribution in [0.1, 0.15) is 35.4 Å². The lowest BCUT2D eigenvalue weighted by molar-refractivity contribution is 0.0922. The summed E-state index contributed by atoms with van der Waals surface area (Å²) >= 11 is 0. The van der Waals surface area contributed by atoms with Crippen molar-refractivity contribution < 1.29 is 27.4 Å². The summed E-state index contributed by atoms with van der Waals surface area (Å²) in [5.41, 5.74) is 0.844. The monoisotopic (exact) mass is 395 g/mol. The second kappa shape index (κ2) is 7.49. The summed E-state index contributed by atoms with van der Waals surface area (Å²) in [5, 5.41) is 8.17. The number of carbonyl (C=O) groups is 1. The van der Waals surface area contributed by atoms with E-state index in [0.717, 1.165) is 11.8 Å². The predicted octanol–water partition coefficient (Wildman–Crippen LogP) is 1.32. The Morgan fingerprint density at radius 1 is 1.37 bits per heavy atom. The fourth-order valence-electron chi connectivity index (χ4n) is 2.93. The standard InChI is InChI=1S/C17H21N3O6S/c1-3-11(12-5-4-6-19-12)20-17(21)10-9-13(27(18,22)23)15(24-2)16-14(10)25-7-8-26-16/h4-6,9,11,19H,3,7-8H2,1-2H3,(H,20,21)(H2,18,22,23). The topological polar surface area (TPSA) is 133 Å². The molecule has 3 rings (SSSR count). The molecular weight excluding hydrogens is 374 g/mol. The Morgan fingerprint density at radius 2 is 2.07 bits per heavy atom. The van der Waals surface area contributed by atoms with Crippen LogP contribution in [0.3, 0.4) is 0 Å².